The highest BCUT2D eigenvalue weighted by atomic mass is 79.9. The third-order valence-electron chi connectivity index (χ3n) is 2.95. The minimum atomic E-state index is -0.741. The molecule has 0 radical (unpaired) electrons. The van der Waals surface area contributed by atoms with Crippen LogP contribution in [0.25, 0.3) is 0 Å². The van der Waals surface area contributed by atoms with Crippen molar-refractivity contribution in [2.75, 3.05) is 18.5 Å². The Hall–Kier alpha value is -2.61. The van der Waals surface area contributed by atoms with Gasteiger partial charge in [-0.1, -0.05) is 6.92 Å². The largest absolute Gasteiger partial charge is 0.462 e. The van der Waals surface area contributed by atoms with E-state index >= 15 is 0 Å². The molecule has 8 heteroatoms. The number of benzene rings is 1. The third-order valence-corrected chi connectivity index (χ3v) is 3.38. The zero-order valence-electron chi connectivity index (χ0n) is 13.4. The van der Waals surface area contributed by atoms with Gasteiger partial charge in [-0.3, -0.25) is 4.79 Å². The number of amides is 1. The summed E-state index contributed by atoms with van der Waals surface area (Å²) in [5.74, 6) is -1.68. The number of hydrogen-bond acceptors (Lipinski definition) is 6. The molecule has 2 aromatic rings. The summed E-state index contributed by atoms with van der Waals surface area (Å²) in [5.41, 5.74) is 0.857. The average Bonchev–Trinajstić information content (AvgIpc) is 3.04. The van der Waals surface area contributed by atoms with Gasteiger partial charge in [-0.15, -0.1) is 0 Å². The molecule has 0 saturated heterocycles. The molecule has 0 fully saturated rings. The maximum Gasteiger partial charge on any atom is 0.374 e. The lowest BCUT2D eigenvalue weighted by Crippen LogP contribution is -2.20. The summed E-state index contributed by atoms with van der Waals surface area (Å²) < 4.78 is 15.3. The smallest absolute Gasteiger partial charge is 0.374 e. The number of esters is 2. The van der Waals surface area contributed by atoms with Crippen LogP contribution in [-0.4, -0.2) is 31.1 Å². The fraction of sp³-hybridized carbons (Fsp3) is 0.235. The molecule has 0 aliphatic rings. The Balaban J connectivity index is 1.82. The van der Waals surface area contributed by atoms with Crippen molar-refractivity contribution in [1.82, 2.24) is 0 Å². The molecule has 0 unspecified atom stereocenters. The lowest BCUT2D eigenvalue weighted by Gasteiger charge is -2.07. The normalized spacial score (nSPS) is 10.2. The summed E-state index contributed by atoms with van der Waals surface area (Å²) in [4.78, 5) is 35.1. The van der Waals surface area contributed by atoms with Crippen molar-refractivity contribution < 1.29 is 28.3 Å². The van der Waals surface area contributed by atoms with E-state index in [1.54, 1.807) is 30.3 Å². The van der Waals surface area contributed by atoms with Crippen molar-refractivity contribution in [1.29, 1.82) is 0 Å². The van der Waals surface area contributed by atoms with Gasteiger partial charge in [0.2, 0.25) is 5.76 Å². The maximum atomic E-state index is 11.8. The number of rotatable bonds is 7. The van der Waals surface area contributed by atoms with Gasteiger partial charge in [0, 0.05) is 5.69 Å². The molecule has 1 aromatic heterocycles. The van der Waals surface area contributed by atoms with Crippen LogP contribution in [0.3, 0.4) is 0 Å². The Morgan fingerprint density at radius 2 is 1.76 bits per heavy atom. The number of nitrogens with one attached hydrogen (secondary N) is 1. The van der Waals surface area contributed by atoms with Gasteiger partial charge in [-0.05, 0) is 58.7 Å². The minimum absolute atomic E-state index is 0.00498. The van der Waals surface area contributed by atoms with Gasteiger partial charge in [-0.2, -0.15) is 0 Å². The van der Waals surface area contributed by atoms with Crippen LogP contribution < -0.4 is 5.32 Å². The molecule has 0 saturated carbocycles. The van der Waals surface area contributed by atoms with Crippen molar-refractivity contribution in [3.05, 3.63) is 52.4 Å². The molecule has 0 spiro atoms. The lowest BCUT2D eigenvalue weighted by molar-refractivity contribution is -0.119. The summed E-state index contributed by atoms with van der Waals surface area (Å²) in [6.45, 7) is 1.80. The zero-order valence-corrected chi connectivity index (χ0v) is 15.0. The van der Waals surface area contributed by atoms with Crippen molar-refractivity contribution >= 4 is 39.5 Å². The second-order valence-electron chi connectivity index (χ2n) is 4.94. The van der Waals surface area contributed by atoms with E-state index in [4.69, 9.17) is 13.9 Å². The highest BCUT2D eigenvalue weighted by Gasteiger charge is 2.14. The first-order valence-corrected chi connectivity index (χ1v) is 8.28. The Kier molecular flexibility index (Phi) is 6.76. The fourth-order valence-electron chi connectivity index (χ4n) is 1.79. The number of hydrogen-bond donors (Lipinski definition) is 1. The monoisotopic (exact) mass is 409 g/mol. The van der Waals surface area contributed by atoms with E-state index in [0.29, 0.717) is 22.5 Å². The van der Waals surface area contributed by atoms with Gasteiger partial charge in [-0.25, -0.2) is 9.59 Å². The molecular formula is C17H16BrNO6. The van der Waals surface area contributed by atoms with Crippen LogP contribution in [-0.2, 0) is 14.3 Å². The SMILES string of the molecule is CCCOC(=O)c1ccc(NC(=O)COC(=O)c2ccc(Br)o2)cc1. The van der Waals surface area contributed by atoms with Crippen molar-refractivity contribution in [2.24, 2.45) is 0 Å². The predicted octanol–water partition coefficient (Wildman–Crippen LogP) is 3.40. The number of carbonyl (C=O) groups is 3. The minimum Gasteiger partial charge on any atom is -0.462 e. The Bertz CT molecular complexity index is 753. The van der Waals surface area contributed by atoms with Crippen LogP contribution in [0.2, 0.25) is 0 Å². The first kappa shape index (κ1) is 18.7. The van der Waals surface area contributed by atoms with Gasteiger partial charge >= 0.3 is 11.9 Å². The van der Waals surface area contributed by atoms with Gasteiger partial charge in [0.05, 0.1) is 12.2 Å². The molecule has 7 nitrogen and oxygen atoms in total. The van der Waals surface area contributed by atoms with E-state index in [1.165, 1.54) is 6.07 Å². The van der Waals surface area contributed by atoms with Crippen LogP contribution in [0.1, 0.15) is 34.3 Å². The standard InChI is InChI=1S/C17H16BrNO6/c1-2-9-23-16(21)11-3-5-12(6-4-11)19-15(20)10-24-17(22)13-7-8-14(18)25-13/h3-8H,2,9-10H2,1H3,(H,19,20). The van der Waals surface area contributed by atoms with Gasteiger partial charge in [0.25, 0.3) is 5.91 Å². The molecule has 25 heavy (non-hydrogen) atoms. The average molecular weight is 410 g/mol. The second-order valence-corrected chi connectivity index (χ2v) is 5.72. The highest BCUT2D eigenvalue weighted by molar-refractivity contribution is 9.10. The summed E-state index contributed by atoms with van der Waals surface area (Å²) in [6, 6.07) is 9.18. The molecule has 1 N–H and O–H groups in total. The highest BCUT2D eigenvalue weighted by Crippen LogP contribution is 2.15. The second kappa shape index (κ2) is 9.03. The van der Waals surface area contributed by atoms with E-state index in [1.807, 2.05) is 6.92 Å². The third kappa shape index (κ3) is 5.75. The molecule has 2 rings (SSSR count). The number of anilines is 1. The van der Waals surface area contributed by atoms with Crippen molar-refractivity contribution in [2.45, 2.75) is 13.3 Å². The van der Waals surface area contributed by atoms with Crippen molar-refractivity contribution in [3.8, 4) is 0 Å². The van der Waals surface area contributed by atoms with E-state index in [0.717, 1.165) is 6.42 Å². The lowest BCUT2D eigenvalue weighted by atomic mass is 10.2. The zero-order chi connectivity index (χ0) is 18.2. The molecule has 132 valence electrons. The molecule has 0 bridgehead atoms. The summed E-state index contributed by atoms with van der Waals surface area (Å²) in [5, 5.41) is 2.56. The Morgan fingerprint density at radius 3 is 2.36 bits per heavy atom. The van der Waals surface area contributed by atoms with Gasteiger partial charge in [0.15, 0.2) is 11.3 Å². The quantitative estimate of drug-likeness (QED) is 0.704. The van der Waals surface area contributed by atoms with E-state index in [9.17, 15) is 14.4 Å². The molecule has 1 amide bonds. The van der Waals surface area contributed by atoms with Crippen LogP contribution >= 0.6 is 15.9 Å². The first-order chi connectivity index (χ1) is 12.0. The molecular weight excluding hydrogens is 394 g/mol. The molecule has 1 aromatic carbocycles. The van der Waals surface area contributed by atoms with Crippen LogP contribution in [0, 0.1) is 0 Å². The number of carbonyl (C=O) groups excluding carboxylic acids is 3. The van der Waals surface area contributed by atoms with Crippen LogP contribution in [0.5, 0.6) is 0 Å². The van der Waals surface area contributed by atoms with Crippen LogP contribution in [0.4, 0.5) is 5.69 Å². The van der Waals surface area contributed by atoms with Crippen LogP contribution in [0.15, 0.2) is 45.5 Å². The number of furan rings is 1. The first-order valence-electron chi connectivity index (χ1n) is 7.49. The Labute approximate surface area is 152 Å². The van der Waals surface area contributed by atoms with E-state index < -0.39 is 24.5 Å². The molecule has 0 aliphatic heterocycles. The molecule has 1 heterocycles. The summed E-state index contributed by atoms with van der Waals surface area (Å²) in [6.07, 6.45) is 0.744. The van der Waals surface area contributed by atoms with Crippen molar-refractivity contribution in [3.63, 3.8) is 0 Å². The number of ether oxygens (including phenoxy) is 2. The predicted molar refractivity (Wildman–Crippen MR) is 92.3 cm³/mol. The van der Waals surface area contributed by atoms with E-state index in [2.05, 4.69) is 21.2 Å². The molecule has 0 atom stereocenters. The van der Waals surface area contributed by atoms with Gasteiger partial charge in [0.1, 0.15) is 0 Å². The topological polar surface area (TPSA) is 94.8 Å². The fourth-order valence-corrected chi connectivity index (χ4v) is 2.10. The Morgan fingerprint density at radius 1 is 1.04 bits per heavy atom. The molecule has 0 aliphatic carbocycles. The maximum absolute atomic E-state index is 11.8. The number of halogens is 1. The van der Waals surface area contributed by atoms with E-state index in [-0.39, 0.29) is 5.76 Å². The summed E-state index contributed by atoms with van der Waals surface area (Å²) in [7, 11) is 0. The summed E-state index contributed by atoms with van der Waals surface area (Å²) >= 11 is 3.07. The van der Waals surface area contributed by atoms with Gasteiger partial charge < -0.3 is 19.2 Å².